The van der Waals surface area contributed by atoms with Crippen LogP contribution in [0.3, 0.4) is 0 Å². The molecule has 0 aliphatic heterocycles. The lowest BCUT2D eigenvalue weighted by Gasteiger charge is -2.01. The number of nitrogens with zero attached hydrogens (tertiary/aromatic N) is 2. The molecule has 0 atom stereocenters. The van der Waals surface area contributed by atoms with Crippen molar-refractivity contribution in [3.63, 3.8) is 0 Å². The molecule has 0 bridgehead atoms. The summed E-state index contributed by atoms with van der Waals surface area (Å²) in [6.45, 7) is 0.461. The van der Waals surface area contributed by atoms with Gasteiger partial charge in [-0.2, -0.15) is 5.10 Å². The minimum absolute atomic E-state index is 0.0448. The van der Waals surface area contributed by atoms with Crippen LogP contribution in [0.25, 0.3) is 0 Å². The Morgan fingerprint density at radius 2 is 2.06 bits per heavy atom. The Labute approximate surface area is 103 Å². The molecule has 0 radical (unpaired) electrons. The molecule has 1 aromatic heterocycles. The van der Waals surface area contributed by atoms with E-state index in [0.717, 1.165) is 0 Å². The van der Waals surface area contributed by atoms with Gasteiger partial charge in [0.25, 0.3) is 0 Å². The smallest absolute Gasteiger partial charge is 0.164 e. The molecule has 0 spiro atoms. The lowest BCUT2D eigenvalue weighted by atomic mass is 10.1. The van der Waals surface area contributed by atoms with Gasteiger partial charge in [-0.05, 0) is 24.3 Å². The summed E-state index contributed by atoms with van der Waals surface area (Å²) < 4.78 is 14.3. The number of hydrogen-bond acceptors (Lipinski definition) is 2. The van der Waals surface area contributed by atoms with E-state index in [4.69, 9.17) is 11.6 Å². The molecular weight excluding hydrogens is 243 g/mol. The van der Waals surface area contributed by atoms with Gasteiger partial charge < -0.3 is 0 Å². The highest BCUT2D eigenvalue weighted by Gasteiger charge is 2.06. The number of carbonyl (C=O) groups excluding carboxylic acids is 1. The number of ketones is 1. The minimum atomic E-state index is -0.347. The third-order valence-electron chi connectivity index (χ3n) is 2.34. The van der Waals surface area contributed by atoms with Gasteiger partial charge in [0.2, 0.25) is 0 Å². The number of halogens is 2. The minimum Gasteiger partial charge on any atom is -0.294 e. The van der Waals surface area contributed by atoms with Crippen LogP contribution < -0.4 is 0 Å². The fourth-order valence-electron chi connectivity index (χ4n) is 1.46. The third kappa shape index (κ3) is 3.14. The van der Waals surface area contributed by atoms with Crippen molar-refractivity contribution in [2.75, 3.05) is 0 Å². The fraction of sp³-hybridized carbons (Fsp3) is 0.167. The van der Waals surface area contributed by atoms with Crippen molar-refractivity contribution in [3.05, 3.63) is 53.1 Å². The summed E-state index contributed by atoms with van der Waals surface area (Å²) in [7, 11) is 0. The van der Waals surface area contributed by atoms with E-state index in [1.807, 2.05) is 0 Å². The Morgan fingerprint density at radius 1 is 1.35 bits per heavy atom. The standard InChI is InChI=1S/C12H10ClFN2O/c13-10-7-15-16(8-10)6-5-12(17)9-1-3-11(14)4-2-9/h1-4,7-8H,5-6H2. The Hall–Kier alpha value is -1.68. The van der Waals surface area contributed by atoms with Gasteiger partial charge in [-0.15, -0.1) is 0 Å². The summed E-state index contributed by atoms with van der Waals surface area (Å²) in [5.74, 6) is -0.392. The Morgan fingerprint density at radius 3 is 2.65 bits per heavy atom. The number of benzene rings is 1. The van der Waals surface area contributed by atoms with Gasteiger partial charge in [-0.25, -0.2) is 4.39 Å². The highest BCUT2D eigenvalue weighted by molar-refractivity contribution is 6.30. The van der Waals surface area contributed by atoms with Crippen LogP contribution >= 0.6 is 11.6 Å². The van der Waals surface area contributed by atoms with Crippen LogP contribution in [0.4, 0.5) is 4.39 Å². The van der Waals surface area contributed by atoms with E-state index >= 15 is 0 Å². The fourth-order valence-corrected chi connectivity index (χ4v) is 1.61. The van der Waals surface area contributed by atoms with Crippen molar-refractivity contribution in [2.24, 2.45) is 0 Å². The van der Waals surface area contributed by atoms with Crippen LogP contribution in [-0.2, 0) is 6.54 Å². The molecule has 0 aliphatic carbocycles. The number of aryl methyl sites for hydroxylation is 1. The van der Waals surface area contributed by atoms with Crippen molar-refractivity contribution >= 4 is 17.4 Å². The van der Waals surface area contributed by atoms with Crippen LogP contribution in [0.2, 0.25) is 5.02 Å². The van der Waals surface area contributed by atoms with Gasteiger partial charge in [0.05, 0.1) is 11.2 Å². The zero-order valence-corrected chi connectivity index (χ0v) is 9.69. The number of aromatic nitrogens is 2. The van der Waals surface area contributed by atoms with Crippen molar-refractivity contribution in [3.8, 4) is 0 Å². The number of Topliss-reactive ketones (excluding diaryl/α,β-unsaturated/α-hetero) is 1. The molecule has 17 heavy (non-hydrogen) atoms. The van der Waals surface area contributed by atoms with Gasteiger partial charge in [-0.3, -0.25) is 9.48 Å². The molecule has 0 saturated carbocycles. The van der Waals surface area contributed by atoms with Crippen LogP contribution in [0, 0.1) is 5.82 Å². The normalized spacial score (nSPS) is 10.5. The van der Waals surface area contributed by atoms with E-state index in [0.29, 0.717) is 23.6 Å². The van der Waals surface area contributed by atoms with Gasteiger partial charge in [0, 0.05) is 24.7 Å². The lowest BCUT2D eigenvalue weighted by molar-refractivity contribution is 0.0975. The van der Waals surface area contributed by atoms with E-state index < -0.39 is 0 Å². The summed E-state index contributed by atoms with van der Waals surface area (Å²) in [5.41, 5.74) is 0.504. The molecule has 0 N–H and O–H groups in total. The van der Waals surface area contributed by atoms with E-state index in [1.165, 1.54) is 30.5 Å². The molecule has 0 amide bonds. The first-order chi connectivity index (χ1) is 8.15. The summed E-state index contributed by atoms with van der Waals surface area (Å²) >= 11 is 5.70. The molecule has 2 rings (SSSR count). The SMILES string of the molecule is O=C(CCn1cc(Cl)cn1)c1ccc(F)cc1. The molecule has 0 fully saturated rings. The second-order valence-electron chi connectivity index (χ2n) is 3.60. The van der Waals surface area contributed by atoms with Crippen LogP contribution in [0.1, 0.15) is 16.8 Å². The number of rotatable bonds is 4. The highest BCUT2D eigenvalue weighted by Crippen LogP contribution is 2.08. The molecule has 1 heterocycles. The first kappa shape index (κ1) is 11.8. The van der Waals surface area contributed by atoms with E-state index in [-0.39, 0.29) is 11.6 Å². The maximum atomic E-state index is 12.7. The molecular formula is C12H10ClFN2O. The van der Waals surface area contributed by atoms with Gasteiger partial charge >= 0.3 is 0 Å². The zero-order valence-electron chi connectivity index (χ0n) is 8.94. The Balaban J connectivity index is 1.95. The largest absolute Gasteiger partial charge is 0.294 e. The molecule has 0 unspecified atom stereocenters. The average Bonchev–Trinajstić information content (AvgIpc) is 2.73. The predicted octanol–water partition coefficient (Wildman–Crippen LogP) is 2.95. The van der Waals surface area contributed by atoms with Crippen LogP contribution in [-0.4, -0.2) is 15.6 Å². The molecule has 3 nitrogen and oxygen atoms in total. The Kier molecular flexibility index (Phi) is 3.54. The molecule has 1 aromatic carbocycles. The quantitative estimate of drug-likeness (QED) is 0.784. The van der Waals surface area contributed by atoms with Crippen molar-refractivity contribution < 1.29 is 9.18 Å². The monoisotopic (exact) mass is 252 g/mol. The summed E-state index contributed by atoms with van der Waals surface area (Å²) in [4.78, 5) is 11.7. The van der Waals surface area contributed by atoms with Crippen molar-refractivity contribution in [2.45, 2.75) is 13.0 Å². The van der Waals surface area contributed by atoms with Crippen molar-refractivity contribution in [1.29, 1.82) is 0 Å². The second kappa shape index (κ2) is 5.10. The van der Waals surface area contributed by atoms with E-state index in [9.17, 15) is 9.18 Å². The molecule has 0 saturated heterocycles. The first-order valence-corrected chi connectivity index (χ1v) is 5.49. The first-order valence-electron chi connectivity index (χ1n) is 5.12. The average molecular weight is 253 g/mol. The summed E-state index contributed by atoms with van der Waals surface area (Å²) in [6.07, 6.45) is 3.48. The number of hydrogen-bond donors (Lipinski definition) is 0. The van der Waals surface area contributed by atoms with E-state index in [1.54, 1.807) is 10.9 Å². The molecule has 2 aromatic rings. The summed E-state index contributed by atoms with van der Waals surface area (Å²) in [6, 6.07) is 5.51. The van der Waals surface area contributed by atoms with E-state index in [2.05, 4.69) is 5.10 Å². The number of carbonyl (C=O) groups is 1. The topological polar surface area (TPSA) is 34.9 Å². The third-order valence-corrected chi connectivity index (χ3v) is 2.53. The highest BCUT2D eigenvalue weighted by atomic mass is 35.5. The maximum absolute atomic E-state index is 12.7. The van der Waals surface area contributed by atoms with Crippen LogP contribution in [0.15, 0.2) is 36.7 Å². The van der Waals surface area contributed by atoms with Gasteiger partial charge in [0.15, 0.2) is 5.78 Å². The van der Waals surface area contributed by atoms with Crippen LogP contribution in [0.5, 0.6) is 0 Å². The van der Waals surface area contributed by atoms with Gasteiger partial charge in [0.1, 0.15) is 5.82 Å². The molecule has 5 heteroatoms. The lowest BCUT2D eigenvalue weighted by Crippen LogP contribution is -2.06. The maximum Gasteiger partial charge on any atom is 0.164 e. The summed E-state index contributed by atoms with van der Waals surface area (Å²) in [5, 5.41) is 4.51. The second-order valence-corrected chi connectivity index (χ2v) is 4.04. The predicted molar refractivity (Wildman–Crippen MR) is 62.6 cm³/mol. The zero-order chi connectivity index (χ0) is 12.3. The van der Waals surface area contributed by atoms with Gasteiger partial charge in [-0.1, -0.05) is 11.6 Å². The van der Waals surface area contributed by atoms with Crippen molar-refractivity contribution in [1.82, 2.24) is 9.78 Å². The molecule has 0 aliphatic rings. The Bertz CT molecular complexity index is 522. The molecule has 88 valence electrons.